The quantitative estimate of drug-likeness (QED) is 0.272. The highest BCUT2D eigenvalue weighted by Gasteiger charge is 2.61. The third-order valence-corrected chi connectivity index (χ3v) is 8.91. The fourth-order valence-electron chi connectivity index (χ4n) is 7.16. The molecule has 4 heterocycles. The first kappa shape index (κ1) is 26.9. The lowest BCUT2D eigenvalue weighted by atomic mass is 9.68. The van der Waals surface area contributed by atoms with Crippen LogP contribution in [0.1, 0.15) is 83.3 Å². The van der Waals surface area contributed by atoms with E-state index in [2.05, 4.69) is 13.2 Å². The molecule has 3 aliphatic rings. The van der Waals surface area contributed by atoms with Gasteiger partial charge in [0.05, 0.1) is 18.3 Å². The lowest BCUT2D eigenvalue weighted by Crippen LogP contribution is -2.53. The highest BCUT2D eigenvalue weighted by Crippen LogP contribution is 2.54. The number of hydrogen-bond acceptors (Lipinski definition) is 7. The van der Waals surface area contributed by atoms with Crippen LogP contribution in [0.3, 0.4) is 0 Å². The van der Waals surface area contributed by atoms with Gasteiger partial charge >= 0.3 is 11.9 Å². The molecule has 4 atom stereocenters. The van der Waals surface area contributed by atoms with Crippen LogP contribution in [-0.4, -0.2) is 43.0 Å². The Balaban J connectivity index is 1.53. The van der Waals surface area contributed by atoms with Crippen LogP contribution in [0, 0.1) is 5.92 Å². The highest BCUT2D eigenvalue weighted by molar-refractivity contribution is 5.88. The molecule has 4 bridgehead atoms. The van der Waals surface area contributed by atoms with Crippen LogP contribution in [-0.2, 0) is 40.6 Å². The topological polar surface area (TPSA) is 84.2 Å². The van der Waals surface area contributed by atoms with Crippen molar-refractivity contribution < 1.29 is 33.0 Å². The molecule has 1 aliphatic carbocycles. The predicted octanol–water partition coefficient (Wildman–Crippen LogP) is 6.15. The number of carbonyl (C=O) groups is 2. The Bertz CT molecular complexity index is 1230. The van der Waals surface area contributed by atoms with Crippen LogP contribution < -0.4 is 0 Å². The molecule has 38 heavy (non-hydrogen) atoms. The Labute approximate surface area is 224 Å². The van der Waals surface area contributed by atoms with Gasteiger partial charge in [-0.3, -0.25) is 0 Å². The molecule has 5 rings (SSSR count). The van der Waals surface area contributed by atoms with Crippen LogP contribution in [0.15, 0.2) is 40.9 Å². The van der Waals surface area contributed by atoms with Crippen LogP contribution in [0.25, 0.3) is 11.2 Å². The molecule has 7 heteroatoms. The van der Waals surface area contributed by atoms with Gasteiger partial charge in [0.25, 0.3) is 0 Å². The Kier molecular flexibility index (Phi) is 6.97. The summed E-state index contributed by atoms with van der Waals surface area (Å²) in [4.78, 5) is 25.6. The number of fused-ring (bicyclic) bond motifs is 4. The summed E-state index contributed by atoms with van der Waals surface area (Å²) in [5.41, 5.74) is 1.91. The molecule has 0 aromatic carbocycles. The van der Waals surface area contributed by atoms with E-state index in [0.717, 1.165) is 73.7 Å². The number of esters is 2. The van der Waals surface area contributed by atoms with Gasteiger partial charge in [-0.2, -0.15) is 0 Å². The minimum atomic E-state index is -0.879. The molecule has 2 saturated heterocycles. The van der Waals surface area contributed by atoms with Gasteiger partial charge < -0.3 is 23.4 Å². The normalized spacial score (nSPS) is 27.8. The summed E-state index contributed by atoms with van der Waals surface area (Å²) in [5.74, 6) is -0.854. The molecule has 2 aromatic rings. The molecule has 7 nitrogen and oxygen atoms in total. The van der Waals surface area contributed by atoms with E-state index >= 15 is 0 Å². The summed E-state index contributed by atoms with van der Waals surface area (Å²) in [6.45, 7) is 13.4. The summed E-state index contributed by atoms with van der Waals surface area (Å²) in [6, 6.07) is 4.01. The van der Waals surface area contributed by atoms with E-state index in [0.29, 0.717) is 24.2 Å². The van der Waals surface area contributed by atoms with Crippen molar-refractivity contribution in [1.29, 1.82) is 0 Å². The second kappa shape index (κ2) is 9.83. The summed E-state index contributed by atoms with van der Waals surface area (Å²) < 4.78 is 30.7. The number of ether oxygens (including phenoxy) is 4. The van der Waals surface area contributed by atoms with Gasteiger partial charge in [-0.05, 0) is 77.8 Å². The van der Waals surface area contributed by atoms with E-state index in [1.54, 1.807) is 21.0 Å². The van der Waals surface area contributed by atoms with Crippen LogP contribution in [0.2, 0.25) is 0 Å². The molecule has 3 fully saturated rings. The third kappa shape index (κ3) is 4.58. The zero-order valence-electron chi connectivity index (χ0n) is 23.2. The number of carbonyl (C=O) groups excluding carboxylic acids is 2. The molecular weight excluding hydrogens is 484 g/mol. The molecule has 0 amide bonds. The van der Waals surface area contributed by atoms with Crippen molar-refractivity contribution >= 4 is 23.1 Å². The SMILES string of the molecule is C=C(C)C(=O)OC1(c2cc3cc(CC(C)(OC(=O)C(=C)C)C4CC5CCC4(COC)O5)c2o3)CCCCC1. The van der Waals surface area contributed by atoms with E-state index < -0.39 is 22.8 Å². The maximum Gasteiger partial charge on any atom is 0.334 e. The van der Waals surface area contributed by atoms with Crippen molar-refractivity contribution in [3.63, 3.8) is 0 Å². The summed E-state index contributed by atoms with van der Waals surface area (Å²) in [7, 11) is 1.68. The number of furan rings is 2. The fraction of sp³-hybridized carbons (Fsp3) is 0.613. The van der Waals surface area contributed by atoms with Crippen LogP contribution in [0.5, 0.6) is 0 Å². The van der Waals surface area contributed by atoms with E-state index in [4.69, 9.17) is 23.4 Å². The second-order valence-corrected chi connectivity index (χ2v) is 12.0. The Morgan fingerprint density at radius 3 is 2.39 bits per heavy atom. The highest BCUT2D eigenvalue weighted by atomic mass is 16.6. The number of benzene rings is 1. The molecule has 1 saturated carbocycles. The number of hydrogen-bond donors (Lipinski definition) is 0. The maximum absolute atomic E-state index is 12.9. The second-order valence-electron chi connectivity index (χ2n) is 12.0. The van der Waals surface area contributed by atoms with Crippen molar-refractivity contribution in [1.82, 2.24) is 0 Å². The van der Waals surface area contributed by atoms with Gasteiger partial charge in [-0.15, -0.1) is 0 Å². The fourth-order valence-corrected chi connectivity index (χ4v) is 7.16. The van der Waals surface area contributed by atoms with Crippen molar-refractivity contribution in [3.8, 4) is 0 Å². The summed E-state index contributed by atoms with van der Waals surface area (Å²) in [5, 5.41) is 0. The first-order valence-electron chi connectivity index (χ1n) is 13.8. The van der Waals surface area contributed by atoms with E-state index in [-0.39, 0.29) is 18.0 Å². The lowest BCUT2D eigenvalue weighted by molar-refractivity contribution is -0.171. The van der Waals surface area contributed by atoms with Gasteiger partial charge in [0.1, 0.15) is 22.4 Å². The van der Waals surface area contributed by atoms with Crippen LogP contribution in [0.4, 0.5) is 0 Å². The minimum Gasteiger partial charge on any atom is -0.457 e. The molecule has 4 unspecified atom stereocenters. The average Bonchev–Trinajstić information content (AvgIpc) is 3.64. The van der Waals surface area contributed by atoms with Gasteiger partial charge in [0.2, 0.25) is 0 Å². The van der Waals surface area contributed by atoms with Gasteiger partial charge in [-0.25, -0.2) is 9.59 Å². The molecule has 0 radical (unpaired) electrons. The standard InChI is InChI=1S/C31H40O7/c1-19(2)27(32)37-29(5,25-16-22-10-13-31(25,36-22)18-34-6)17-21-14-23-15-24(26(21)35-23)30(11-8-7-9-12-30)38-28(33)20(3)4/h14-15,22,25H,1,3,7-13,16-18H2,2,4-6H3. The Morgan fingerprint density at radius 2 is 1.79 bits per heavy atom. The summed E-state index contributed by atoms with van der Waals surface area (Å²) >= 11 is 0. The molecule has 206 valence electrons. The first-order valence-corrected chi connectivity index (χ1v) is 13.8. The summed E-state index contributed by atoms with van der Waals surface area (Å²) in [6.07, 6.45) is 7.74. The molecule has 2 aliphatic heterocycles. The molecular formula is C31H40O7. The third-order valence-electron chi connectivity index (χ3n) is 8.91. The Morgan fingerprint density at radius 1 is 1.08 bits per heavy atom. The van der Waals surface area contributed by atoms with Crippen molar-refractivity contribution in [3.05, 3.63) is 47.6 Å². The zero-order valence-corrected chi connectivity index (χ0v) is 23.2. The van der Waals surface area contributed by atoms with E-state index in [9.17, 15) is 9.59 Å². The number of rotatable bonds is 10. The Hall–Kier alpha value is -2.64. The zero-order chi connectivity index (χ0) is 27.3. The largest absolute Gasteiger partial charge is 0.457 e. The molecule has 0 spiro atoms. The monoisotopic (exact) mass is 524 g/mol. The molecule has 0 N–H and O–H groups in total. The van der Waals surface area contributed by atoms with E-state index in [1.165, 1.54) is 0 Å². The van der Waals surface area contributed by atoms with Crippen LogP contribution >= 0.6 is 0 Å². The first-order chi connectivity index (χ1) is 18.0. The van der Waals surface area contributed by atoms with Gasteiger partial charge in [0, 0.05) is 41.7 Å². The smallest absolute Gasteiger partial charge is 0.334 e. The lowest BCUT2D eigenvalue weighted by Gasteiger charge is -2.44. The number of methoxy groups -OCH3 is 1. The predicted molar refractivity (Wildman–Crippen MR) is 143 cm³/mol. The maximum atomic E-state index is 12.9. The van der Waals surface area contributed by atoms with Gasteiger partial charge in [0.15, 0.2) is 0 Å². The van der Waals surface area contributed by atoms with Crippen molar-refractivity contribution in [2.75, 3.05) is 13.7 Å². The van der Waals surface area contributed by atoms with Gasteiger partial charge in [-0.1, -0.05) is 19.6 Å². The minimum absolute atomic E-state index is 0.0556. The van der Waals surface area contributed by atoms with E-state index in [1.807, 2.05) is 19.1 Å². The van der Waals surface area contributed by atoms with Crippen molar-refractivity contribution in [2.24, 2.45) is 5.92 Å². The average molecular weight is 525 g/mol. The molecule has 2 aromatic heterocycles. The van der Waals surface area contributed by atoms with Crippen molar-refractivity contribution in [2.45, 2.75) is 101 Å².